The predicted octanol–water partition coefficient (Wildman–Crippen LogP) is 2.23. The summed E-state index contributed by atoms with van der Waals surface area (Å²) < 4.78 is 4.62. The van der Waals surface area contributed by atoms with Crippen LogP contribution in [-0.2, 0) is 14.3 Å². The molecular weight excluding hydrogens is 284 g/mol. The zero-order chi connectivity index (χ0) is 16.5. The van der Waals surface area contributed by atoms with Crippen molar-refractivity contribution in [2.45, 2.75) is 76.9 Å². The lowest BCUT2D eigenvalue weighted by molar-refractivity contribution is -0.141. The fourth-order valence-corrected chi connectivity index (χ4v) is 3.39. The Morgan fingerprint density at radius 3 is 2.14 bits per heavy atom. The minimum absolute atomic E-state index is 0.102. The van der Waals surface area contributed by atoms with Crippen molar-refractivity contribution in [3.63, 3.8) is 0 Å². The summed E-state index contributed by atoms with van der Waals surface area (Å²) in [7, 11) is 1.34. The van der Waals surface area contributed by atoms with Crippen LogP contribution in [-0.4, -0.2) is 41.3 Å². The van der Waals surface area contributed by atoms with Crippen LogP contribution in [0.15, 0.2) is 0 Å². The number of ketones is 1. The van der Waals surface area contributed by atoms with E-state index in [9.17, 15) is 19.8 Å². The fraction of sp³-hybridized carbons (Fsp3) is 0.882. The van der Waals surface area contributed by atoms with Crippen LogP contribution in [0.4, 0.5) is 0 Å². The van der Waals surface area contributed by atoms with Crippen LogP contribution in [0.2, 0.25) is 0 Å². The number of carbonyl (C=O) groups is 2. The summed E-state index contributed by atoms with van der Waals surface area (Å²) in [6, 6.07) is 0. The molecule has 5 nitrogen and oxygen atoms in total. The maximum absolute atomic E-state index is 11.9. The van der Waals surface area contributed by atoms with E-state index in [-0.39, 0.29) is 30.0 Å². The number of esters is 1. The van der Waals surface area contributed by atoms with Crippen LogP contribution < -0.4 is 0 Å². The average Bonchev–Trinajstić information content (AvgIpc) is 2.76. The highest BCUT2D eigenvalue weighted by Gasteiger charge is 2.41. The monoisotopic (exact) mass is 314 g/mol. The summed E-state index contributed by atoms with van der Waals surface area (Å²) in [6.07, 6.45) is 4.63. The van der Waals surface area contributed by atoms with E-state index < -0.39 is 12.2 Å². The maximum Gasteiger partial charge on any atom is 0.305 e. The molecule has 128 valence electrons. The van der Waals surface area contributed by atoms with E-state index in [0.29, 0.717) is 32.1 Å². The molecule has 1 aliphatic rings. The van der Waals surface area contributed by atoms with Gasteiger partial charge in [0.1, 0.15) is 5.78 Å². The zero-order valence-corrected chi connectivity index (χ0v) is 13.8. The Bertz CT molecular complexity index is 355. The minimum atomic E-state index is -0.597. The van der Waals surface area contributed by atoms with Crippen molar-refractivity contribution in [2.24, 2.45) is 11.8 Å². The lowest BCUT2D eigenvalue weighted by Crippen LogP contribution is -2.24. The summed E-state index contributed by atoms with van der Waals surface area (Å²) in [5, 5.41) is 20.1. The lowest BCUT2D eigenvalue weighted by Gasteiger charge is -2.23. The first-order valence-corrected chi connectivity index (χ1v) is 8.44. The second kappa shape index (κ2) is 9.95. The fourth-order valence-electron chi connectivity index (χ4n) is 3.39. The van der Waals surface area contributed by atoms with Crippen LogP contribution in [0.3, 0.4) is 0 Å². The molecular formula is C17H30O5. The molecule has 0 aromatic heterocycles. The Kier molecular flexibility index (Phi) is 8.64. The summed E-state index contributed by atoms with van der Waals surface area (Å²) in [6.45, 7) is 2.10. The largest absolute Gasteiger partial charge is 0.469 e. The normalized spacial score (nSPS) is 27.8. The SMILES string of the molecule is CCCCCC(=O)CC[C@@H]1[C@H](CCC(=O)OC)[C@@H](O)C[C@H]1O. The molecule has 0 spiro atoms. The Balaban J connectivity index is 2.43. The first-order valence-electron chi connectivity index (χ1n) is 8.44. The number of aliphatic hydroxyl groups is 2. The van der Waals surface area contributed by atoms with Gasteiger partial charge in [-0.2, -0.15) is 0 Å². The van der Waals surface area contributed by atoms with Crippen LogP contribution in [0, 0.1) is 11.8 Å². The first kappa shape index (κ1) is 19.1. The minimum Gasteiger partial charge on any atom is -0.469 e. The Morgan fingerprint density at radius 1 is 1.00 bits per heavy atom. The van der Waals surface area contributed by atoms with Gasteiger partial charge in [0.15, 0.2) is 0 Å². The van der Waals surface area contributed by atoms with Gasteiger partial charge in [0.25, 0.3) is 0 Å². The van der Waals surface area contributed by atoms with Crippen molar-refractivity contribution >= 4 is 11.8 Å². The van der Waals surface area contributed by atoms with Crippen molar-refractivity contribution < 1.29 is 24.5 Å². The number of ether oxygens (including phenoxy) is 1. The van der Waals surface area contributed by atoms with Gasteiger partial charge in [0.05, 0.1) is 19.3 Å². The number of hydrogen-bond acceptors (Lipinski definition) is 5. The highest BCUT2D eigenvalue weighted by Crippen LogP contribution is 2.38. The second-order valence-electron chi connectivity index (χ2n) is 6.35. The number of Topliss-reactive ketones (excluding diaryl/α,β-unsaturated/α-hetero) is 1. The van der Waals surface area contributed by atoms with Gasteiger partial charge >= 0.3 is 5.97 Å². The lowest BCUT2D eigenvalue weighted by atomic mass is 9.85. The standard InChI is InChI=1S/C17H30O5/c1-3-4-5-6-12(18)7-8-13-14(9-10-17(21)22-2)16(20)11-15(13)19/h13-16,19-20H,3-11H2,1-2H3/t13-,14+,15-,16+/m1/s1. The summed E-state index contributed by atoms with van der Waals surface area (Å²) in [5.41, 5.74) is 0. The molecule has 1 saturated carbocycles. The topological polar surface area (TPSA) is 83.8 Å². The van der Waals surface area contributed by atoms with Crippen LogP contribution in [0.1, 0.15) is 64.7 Å². The smallest absolute Gasteiger partial charge is 0.305 e. The number of hydrogen-bond donors (Lipinski definition) is 2. The molecule has 0 aromatic rings. The van der Waals surface area contributed by atoms with Gasteiger partial charge in [-0.1, -0.05) is 19.8 Å². The summed E-state index contributed by atoms with van der Waals surface area (Å²) in [4.78, 5) is 23.1. The quantitative estimate of drug-likeness (QED) is 0.477. The maximum atomic E-state index is 11.9. The van der Waals surface area contributed by atoms with E-state index in [1.165, 1.54) is 7.11 Å². The van der Waals surface area contributed by atoms with Crippen LogP contribution in [0.5, 0.6) is 0 Å². The highest BCUT2D eigenvalue weighted by molar-refractivity contribution is 5.78. The van der Waals surface area contributed by atoms with E-state index in [1.807, 2.05) is 0 Å². The average molecular weight is 314 g/mol. The van der Waals surface area contributed by atoms with E-state index >= 15 is 0 Å². The molecule has 0 aromatic carbocycles. The molecule has 0 amide bonds. The Morgan fingerprint density at radius 2 is 1.59 bits per heavy atom. The van der Waals surface area contributed by atoms with Gasteiger partial charge in [0, 0.05) is 19.3 Å². The highest BCUT2D eigenvalue weighted by atomic mass is 16.5. The third-order valence-electron chi connectivity index (χ3n) is 4.75. The number of aliphatic hydroxyl groups excluding tert-OH is 2. The third-order valence-corrected chi connectivity index (χ3v) is 4.75. The zero-order valence-electron chi connectivity index (χ0n) is 13.8. The van der Waals surface area contributed by atoms with E-state index in [1.54, 1.807) is 0 Å². The van der Waals surface area contributed by atoms with E-state index in [2.05, 4.69) is 11.7 Å². The van der Waals surface area contributed by atoms with Crippen molar-refractivity contribution in [3.8, 4) is 0 Å². The third kappa shape index (κ3) is 6.05. The molecule has 4 atom stereocenters. The predicted molar refractivity (Wildman–Crippen MR) is 83.2 cm³/mol. The Labute approximate surface area is 133 Å². The molecule has 0 unspecified atom stereocenters. The van der Waals surface area contributed by atoms with Gasteiger partial charge in [-0.05, 0) is 37.5 Å². The number of rotatable bonds is 10. The van der Waals surface area contributed by atoms with Crippen molar-refractivity contribution in [2.75, 3.05) is 7.11 Å². The second-order valence-corrected chi connectivity index (χ2v) is 6.35. The molecule has 0 radical (unpaired) electrons. The number of methoxy groups -OCH3 is 1. The summed E-state index contributed by atoms with van der Waals surface area (Å²) >= 11 is 0. The molecule has 2 N–H and O–H groups in total. The number of carbonyl (C=O) groups excluding carboxylic acids is 2. The van der Waals surface area contributed by atoms with Gasteiger partial charge in [-0.15, -0.1) is 0 Å². The van der Waals surface area contributed by atoms with Gasteiger partial charge in [-0.25, -0.2) is 0 Å². The molecule has 22 heavy (non-hydrogen) atoms. The van der Waals surface area contributed by atoms with Crippen molar-refractivity contribution in [3.05, 3.63) is 0 Å². The van der Waals surface area contributed by atoms with Gasteiger partial charge in [-0.3, -0.25) is 9.59 Å². The van der Waals surface area contributed by atoms with Gasteiger partial charge in [0.2, 0.25) is 0 Å². The molecule has 0 bridgehead atoms. The number of unbranched alkanes of at least 4 members (excludes halogenated alkanes) is 2. The molecule has 1 rings (SSSR count). The molecule has 5 heteroatoms. The van der Waals surface area contributed by atoms with Crippen LogP contribution in [0.25, 0.3) is 0 Å². The van der Waals surface area contributed by atoms with Crippen molar-refractivity contribution in [1.29, 1.82) is 0 Å². The van der Waals surface area contributed by atoms with E-state index in [0.717, 1.165) is 19.3 Å². The molecule has 0 heterocycles. The molecule has 0 aliphatic heterocycles. The molecule has 1 fully saturated rings. The summed E-state index contributed by atoms with van der Waals surface area (Å²) in [5.74, 6) is -0.302. The molecule has 0 saturated heterocycles. The van der Waals surface area contributed by atoms with Gasteiger partial charge < -0.3 is 14.9 Å². The van der Waals surface area contributed by atoms with E-state index in [4.69, 9.17) is 0 Å². The first-order chi connectivity index (χ1) is 10.5. The Hall–Kier alpha value is -0.940. The van der Waals surface area contributed by atoms with Crippen molar-refractivity contribution in [1.82, 2.24) is 0 Å². The molecule has 1 aliphatic carbocycles. The van der Waals surface area contributed by atoms with Crippen LogP contribution >= 0.6 is 0 Å².